The number of pyridine rings is 1. The van der Waals surface area contributed by atoms with Gasteiger partial charge in [0.05, 0.1) is 22.8 Å². The van der Waals surface area contributed by atoms with Crippen molar-refractivity contribution in [3.05, 3.63) is 59.8 Å². The van der Waals surface area contributed by atoms with Gasteiger partial charge >= 0.3 is 0 Å². The number of halogens is 1. The fourth-order valence-electron chi connectivity index (χ4n) is 2.31. The molecule has 2 heterocycles. The van der Waals surface area contributed by atoms with E-state index in [1.807, 2.05) is 6.92 Å². The largest absolute Gasteiger partial charge is 0.268 e. The molecular weight excluding hydrogens is 291 g/mol. The van der Waals surface area contributed by atoms with Gasteiger partial charge in [-0.25, -0.2) is 16.8 Å². The van der Waals surface area contributed by atoms with Gasteiger partial charge in [-0.15, -0.1) is 0 Å². The van der Waals surface area contributed by atoms with Gasteiger partial charge in [-0.1, -0.05) is 17.7 Å². The Bertz CT molecular complexity index is 928. The second kappa shape index (κ2) is 4.66. The maximum Gasteiger partial charge on any atom is 0.268 e. The predicted molar refractivity (Wildman–Crippen MR) is 78.2 cm³/mol. The van der Waals surface area contributed by atoms with Gasteiger partial charge in [0.2, 0.25) is 0 Å². The summed E-state index contributed by atoms with van der Waals surface area (Å²) in [6.45, 7) is 3.55. The number of aryl methyl sites for hydroxylation is 2. The standard InChI is InChI=1S/C15H13FN2O2S/c1-10-3-5-12(6-4-10)21(19,20)18-9-11(2)15-13(16)7-17-8-14(15)18/h3-9H,1-2H3. The zero-order valence-electron chi connectivity index (χ0n) is 11.5. The highest BCUT2D eigenvalue weighted by Crippen LogP contribution is 2.26. The van der Waals surface area contributed by atoms with Crippen LogP contribution in [0.3, 0.4) is 0 Å². The van der Waals surface area contributed by atoms with E-state index in [-0.39, 0.29) is 15.8 Å². The molecule has 3 aromatic rings. The van der Waals surface area contributed by atoms with Crippen molar-refractivity contribution >= 4 is 20.9 Å². The van der Waals surface area contributed by atoms with Crippen LogP contribution in [0.4, 0.5) is 4.39 Å². The average molecular weight is 304 g/mol. The number of aromatic nitrogens is 2. The lowest BCUT2D eigenvalue weighted by Crippen LogP contribution is -2.12. The highest BCUT2D eigenvalue weighted by atomic mass is 32.2. The highest BCUT2D eigenvalue weighted by Gasteiger charge is 2.21. The number of hydrogen-bond donors (Lipinski definition) is 0. The minimum Gasteiger partial charge on any atom is -0.259 e. The molecule has 108 valence electrons. The van der Waals surface area contributed by atoms with Crippen LogP contribution in [0.5, 0.6) is 0 Å². The van der Waals surface area contributed by atoms with E-state index in [0.717, 1.165) is 15.7 Å². The molecule has 3 rings (SSSR count). The van der Waals surface area contributed by atoms with Gasteiger partial charge in [-0.3, -0.25) is 4.98 Å². The quantitative estimate of drug-likeness (QED) is 0.731. The summed E-state index contributed by atoms with van der Waals surface area (Å²) in [6.07, 6.45) is 3.86. The maximum atomic E-state index is 13.8. The van der Waals surface area contributed by atoms with Crippen molar-refractivity contribution < 1.29 is 12.8 Å². The molecule has 0 bridgehead atoms. The monoisotopic (exact) mass is 304 g/mol. The topological polar surface area (TPSA) is 52.0 Å². The van der Waals surface area contributed by atoms with Crippen LogP contribution < -0.4 is 0 Å². The van der Waals surface area contributed by atoms with Crippen molar-refractivity contribution in [1.29, 1.82) is 0 Å². The van der Waals surface area contributed by atoms with Crippen LogP contribution in [-0.4, -0.2) is 17.4 Å². The summed E-state index contributed by atoms with van der Waals surface area (Å²) in [6, 6.07) is 6.53. The van der Waals surface area contributed by atoms with E-state index in [0.29, 0.717) is 5.56 Å². The van der Waals surface area contributed by atoms with Crippen molar-refractivity contribution in [2.24, 2.45) is 0 Å². The molecule has 0 amide bonds. The Morgan fingerprint density at radius 3 is 2.43 bits per heavy atom. The van der Waals surface area contributed by atoms with Crippen LogP contribution >= 0.6 is 0 Å². The summed E-state index contributed by atoms with van der Waals surface area (Å²) in [5.41, 5.74) is 1.77. The first-order valence-corrected chi connectivity index (χ1v) is 7.78. The minimum absolute atomic E-state index is 0.161. The normalized spacial score (nSPS) is 12.0. The third-order valence-electron chi connectivity index (χ3n) is 3.40. The Balaban J connectivity index is 2.29. The lowest BCUT2D eigenvalue weighted by molar-refractivity contribution is 0.589. The zero-order valence-corrected chi connectivity index (χ0v) is 12.4. The van der Waals surface area contributed by atoms with Gasteiger partial charge in [0.25, 0.3) is 10.0 Å². The maximum absolute atomic E-state index is 13.8. The summed E-state index contributed by atoms with van der Waals surface area (Å²) in [4.78, 5) is 3.91. The molecule has 0 N–H and O–H groups in total. The van der Waals surface area contributed by atoms with E-state index in [9.17, 15) is 12.8 Å². The number of benzene rings is 1. The zero-order chi connectivity index (χ0) is 15.2. The van der Waals surface area contributed by atoms with E-state index in [1.165, 1.54) is 12.4 Å². The molecule has 0 spiro atoms. The molecule has 6 heteroatoms. The molecule has 0 unspecified atom stereocenters. The molecule has 0 aliphatic carbocycles. The molecule has 0 aliphatic rings. The Hall–Kier alpha value is -2.21. The molecule has 0 atom stereocenters. The molecule has 1 aromatic carbocycles. The minimum atomic E-state index is -3.77. The molecule has 21 heavy (non-hydrogen) atoms. The van der Waals surface area contributed by atoms with Gasteiger partial charge in [0, 0.05) is 11.6 Å². The second-order valence-corrected chi connectivity index (χ2v) is 6.76. The fraction of sp³-hybridized carbons (Fsp3) is 0.133. The van der Waals surface area contributed by atoms with Crippen molar-refractivity contribution in [1.82, 2.24) is 8.96 Å². The molecule has 0 saturated carbocycles. The van der Waals surface area contributed by atoms with Gasteiger partial charge < -0.3 is 0 Å². The van der Waals surface area contributed by atoms with E-state index in [1.54, 1.807) is 31.2 Å². The lowest BCUT2D eigenvalue weighted by atomic mass is 10.2. The summed E-state index contributed by atoms with van der Waals surface area (Å²) in [5, 5.41) is 0.278. The van der Waals surface area contributed by atoms with Crippen LogP contribution in [0.1, 0.15) is 11.1 Å². The Kier molecular flexibility index (Phi) is 3.06. The molecule has 0 radical (unpaired) electrons. The van der Waals surface area contributed by atoms with Crippen LogP contribution in [-0.2, 0) is 10.0 Å². The smallest absolute Gasteiger partial charge is 0.259 e. The summed E-state index contributed by atoms with van der Waals surface area (Å²) in [7, 11) is -3.77. The lowest BCUT2D eigenvalue weighted by Gasteiger charge is -2.07. The first-order chi connectivity index (χ1) is 9.91. The van der Waals surface area contributed by atoms with E-state index in [4.69, 9.17) is 0 Å². The number of rotatable bonds is 2. The molecule has 0 aliphatic heterocycles. The summed E-state index contributed by atoms with van der Waals surface area (Å²) in [5.74, 6) is -0.525. The highest BCUT2D eigenvalue weighted by molar-refractivity contribution is 7.90. The van der Waals surface area contributed by atoms with E-state index >= 15 is 0 Å². The van der Waals surface area contributed by atoms with Crippen molar-refractivity contribution in [2.45, 2.75) is 18.7 Å². The van der Waals surface area contributed by atoms with E-state index in [2.05, 4.69) is 4.98 Å². The first kappa shape index (κ1) is 13.8. The Labute approximate surface area is 121 Å². The third-order valence-corrected chi connectivity index (χ3v) is 5.09. The number of fused-ring (bicyclic) bond motifs is 1. The van der Waals surface area contributed by atoms with Crippen LogP contribution in [0.25, 0.3) is 10.9 Å². The van der Waals surface area contributed by atoms with Crippen molar-refractivity contribution in [2.75, 3.05) is 0 Å². The molecule has 0 fully saturated rings. The molecule has 4 nitrogen and oxygen atoms in total. The molecule has 0 saturated heterocycles. The van der Waals surface area contributed by atoms with Crippen LogP contribution in [0, 0.1) is 19.7 Å². The number of hydrogen-bond acceptors (Lipinski definition) is 3. The molecular formula is C15H13FN2O2S. The van der Waals surface area contributed by atoms with Crippen molar-refractivity contribution in [3.63, 3.8) is 0 Å². The average Bonchev–Trinajstić information content (AvgIpc) is 2.79. The first-order valence-electron chi connectivity index (χ1n) is 6.34. The van der Waals surface area contributed by atoms with Crippen LogP contribution in [0.2, 0.25) is 0 Å². The fourth-order valence-corrected chi connectivity index (χ4v) is 3.72. The Morgan fingerprint density at radius 1 is 1.10 bits per heavy atom. The second-order valence-electron chi connectivity index (χ2n) is 4.94. The van der Waals surface area contributed by atoms with E-state index < -0.39 is 15.8 Å². The third kappa shape index (κ3) is 2.12. The summed E-state index contributed by atoms with van der Waals surface area (Å²) < 4.78 is 40.3. The Morgan fingerprint density at radius 2 is 1.76 bits per heavy atom. The van der Waals surface area contributed by atoms with Gasteiger partial charge in [0.1, 0.15) is 0 Å². The van der Waals surface area contributed by atoms with Gasteiger partial charge in [0.15, 0.2) is 5.82 Å². The predicted octanol–water partition coefficient (Wildman–Crippen LogP) is 3.03. The van der Waals surface area contributed by atoms with Gasteiger partial charge in [-0.05, 0) is 31.5 Å². The van der Waals surface area contributed by atoms with Crippen LogP contribution in [0.15, 0.2) is 47.8 Å². The molecule has 2 aromatic heterocycles. The van der Waals surface area contributed by atoms with Crippen molar-refractivity contribution in [3.8, 4) is 0 Å². The summed E-state index contributed by atoms with van der Waals surface area (Å²) >= 11 is 0. The SMILES string of the molecule is Cc1ccc(S(=O)(=O)n2cc(C)c3c(F)cncc32)cc1. The number of nitrogens with zero attached hydrogens (tertiary/aromatic N) is 2. The van der Waals surface area contributed by atoms with Gasteiger partial charge in [-0.2, -0.15) is 0 Å².